The number of alkyl carbamates (subject to hydrolysis) is 1. The quantitative estimate of drug-likeness (QED) is 0.245. The first-order chi connectivity index (χ1) is 19.8. The predicted molar refractivity (Wildman–Crippen MR) is 173 cm³/mol. The molecule has 3 amide bonds. The molecule has 0 saturated heterocycles. The van der Waals surface area contributed by atoms with Gasteiger partial charge in [-0.1, -0.05) is 56.2 Å². The van der Waals surface area contributed by atoms with E-state index in [4.69, 9.17) is 11.2 Å². The van der Waals surface area contributed by atoms with Crippen molar-refractivity contribution in [2.24, 2.45) is 5.92 Å². The van der Waals surface area contributed by atoms with E-state index in [2.05, 4.69) is 30.4 Å². The van der Waals surface area contributed by atoms with Gasteiger partial charge in [0.05, 0.1) is 0 Å². The monoisotopic (exact) mass is 593 g/mol. The Hall–Kier alpha value is -3.44. The Morgan fingerprint density at radius 3 is 2.24 bits per heavy atom. The molecule has 0 radical (unpaired) electrons. The Bertz CT molecular complexity index is 1250. The topological polar surface area (TPSA) is 87.7 Å². The summed E-state index contributed by atoms with van der Waals surface area (Å²) in [4.78, 5) is 43.4. The molecule has 0 saturated carbocycles. The summed E-state index contributed by atoms with van der Waals surface area (Å²) in [5.41, 5.74) is 1.89. The first-order valence-corrected chi connectivity index (χ1v) is 15.9. The summed E-state index contributed by atoms with van der Waals surface area (Å²) in [6, 6.07) is 12.4. The van der Waals surface area contributed by atoms with Crippen molar-refractivity contribution < 1.29 is 19.1 Å². The van der Waals surface area contributed by atoms with Crippen molar-refractivity contribution in [3.05, 3.63) is 65.2 Å². The molecule has 7 nitrogen and oxygen atoms in total. The fourth-order valence-electron chi connectivity index (χ4n) is 4.63. The molecule has 2 aromatic rings. The number of para-hydroxylation sites is 1. The molecule has 2 rings (SSSR count). The second-order valence-electron chi connectivity index (χ2n) is 12.0. The normalized spacial score (nSPS) is 13.4. The van der Waals surface area contributed by atoms with Gasteiger partial charge in [-0.15, -0.1) is 6.42 Å². The number of ether oxygens (including phenoxy) is 1. The number of aryl methyl sites for hydroxylation is 1. The number of carbonyl (C=O) groups is 3. The van der Waals surface area contributed by atoms with Gasteiger partial charge in [0.2, 0.25) is 5.91 Å². The number of hydrogen-bond donors (Lipinski definition) is 2. The van der Waals surface area contributed by atoms with Gasteiger partial charge in [-0.2, -0.15) is 11.8 Å². The molecule has 8 heteroatoms. The predicted octanol–water partition coefficient (Wildman–Crippen LogP) is 6.96. The fraction of sp³-hybridized carbons (Fsp3) is 0.500. The third-order valence-electron chi connectivity index (χ3n) is 6.83. The zero-order chi connectivity index (χ0) is 31.4. The number of terminal acetylenes is 1. The number of hydrogen-bond acceptors (Lipinski definition) is 5. The van der Waals surface area contributed by atoms with Gasteiger partial charge in [-0.05, 0) is 95.1 Å². The minimum absolute atomic E-state index is 0.337. The van der Waals surface area contributed by atoms with Crippen LogP contribution in [0.1, 0.15) is 83.5 Å². The molecule has 0 aliphatic rings. The van der Waals surface area contributed by atoms with E-state index in [-0.39, 0.29) is 17.9 Å². The summed E-state index contributed by atoms with van der Waals surface area (Å²) in [7, 11) is 0. The van der Waals surface area contributed by atoms with Crippen molar-refractivity contribution in [1.82, 2.24) is 10.2 Å². The molecule has 2 N–H and O–H groups in total. The molecule has 3 unspecified atom stereocenters. The highest BCUT2D eigenvalue weighted by atomic mass is 32.2. The summed E-state index contributed by atoms with van der Waals surface area (Å²) in [6.45, 7) is 13.4. The number of amides is 3. The molecule has 2 aromatic carbocycles. The number of nitrogens with zero attached hydrogens (tertiary/aromatic N) is 1. The van der Waals surface area contributed by atoms with Crippen molar-refractivity contribution >= 4 is 35.4 Å². The minimum Gasteiger partial charge on any atom is -0.444 e. The Morgan fingerprint density at radius 1 is 1.00 bits per heavy atom. The van der Waals surface area contributed by atoms with E-state index in [9.17, 15) is 14.4 Å². The minimum atomic E-state index is -1.04. The molecule has 0 bridgehead atoms. The van der Waals surface area contributed by atoms with Crippen LogP contribution in [0.2, 0.25) is 0 Å². The van der Waals surface area contributed by atoms with Crippen LogP contribution in [0.25, 0.3) is 0 Å². The van der Waals surface area contributed by atoms with Crippen LogP contribution in [0.3, 0.4) is 0 Å². The lowest BCUT2D eigenvalue weighted by molar-refractivity contribution is -0.143. The number of nitrogens with one attached hydrogen (secondary N) is 2. The van der Waals surface area contributed by atoms with Crippen molar-refractivity contribution in [1.29, 1.82) is 0 Å². The van der Waals surface area contributed by atoms with E-state index in [1.54, 1.807) is 49.6 Å². The molecular weight excluding hydrogens is 546 g/mol. The number of anilines is 1. The molecule has 42 heavy (non-hydrogen) atoms. The maximum atomic E-state index is 14.6. The Morgan fingerprint density at radius 2 is 1.64 bits per heavy atom. The average Bonchev–Trinajstić information content (AvgIpc) is 2.92. The van der Waals surface area contributed by atoms with Crippen LogP contribution in [0, 0.1) is 25.2 Å². The van der Waals surface area contributed by atoms with Crippen LogP contribution in [0.4, 0.5) is 10.5 Å². The van der Waals surface area contributed by atoms with Crippen LogP contribution in [0.5, 0.6) is 0 Å². The standard InChI is InChI=1S/C34H47N3O4S/c1-10-26-16-12-13-17-27(26)30(31(38)35-28-18-14-11-15-24(28)4)37(25(5)20-19-23(2)3)32(39)29(21-22-42-9)36-33(40)41-34(6,7)8/h1,11-18,23,25,29-30H,19-22H2,2-9H3,(H,35,38)(H,36,40). The molecular formula is C34H47N3O4S. The fourth-order valence-corrected chi connectivity index (χ4v) is 5.11. The molecule has 0 spiro atoms. The summed E-state index contributed by atoms with van der Waals surface area (Å²) in [5, 5.41) is 5.85. The largest absolute Gasteiger partial charge is 0.444 e. The summed E-state index contributed by atoms with van der Waals surface area (Å²) < 4.78 is 5.51. The van der Waals surface area contributed by atoms with Crippen molar-refractivity contribution in [3.63, 3.8) is 0 Å². The van der Waals surface area contributed by atoms with E-state index in [1.165, 1.54) is 0 Å². The molecule has 0 fully saturated rings. The lowest BCUT2D eigenvalue weighted by Gasteiger charge is -2.39. The number of thioether (sulfide) groups is 1. The molecule has 0 aliphatic heterocycles. The van der Waals surface area contributed by atoms with Gasteiger partial charge in [-0.3, -0.25) is 9.59 Å². The van der Waals surface area contributed by atoms with E-state index < -0.39 is 23.8 Å². The summed E-state index contributed by atoms with van der Waals surface area (Å²) in [6.07, 6.45) is 9.05. The van der Waals surface area contributed by atoms with Crippen molar-refractivity contribution in [3.8, 4) is 12.3 Å². The first-order valence-electron chi connectivity index (χ1n) is 14.5. The van der Waals surface area contributed by atoms with Gasteiger partial charge in [0, 0.05) is 17.3 Å². The van der Waals surface area contributed by atoms with Gasteiger partial charge in [0.15, 0.2) is 0 Å². The molecule has 3 atom stereocenters. The third kappa shape index (κ3) is 10.4. The summed E-state index contributed by atoms with van der Waals surface area (Å²) >= 11 is 1.57. The Kier molecular flexibility index (Phi) is 13.5. The van der Waals surface area contributed by atoms with Crippen LogP contribution < -0.4 is 10.6 Å². The van der Waals surface area contributed by atoms with Gasteiger partial charge < -0.3 is 20.3 Å². The summed E-state index contributed by atoms with van der Waals surface area (Å²) in [5.74, 6) is 2.99. The van der Waals surface area contributed by atoms with Gasteiger partial charge in [0.25, 0.3) is 5.91 Å². The van der Waals surface area contributed by atoms with Gasteiger partial charge in [-0.25, -0.2) is 4.79 Å². The van der Waals surface area contributed by atoms with E-state index in [0.717, 1.165) is 12.0 Å². The van der Waals surface area contributed by atoms with Crippen molar-refractivity contribution in [2.45, 2.75) is 91.5 Å². The SMILES string of the molecule is C#Cc1ccccc1C(C(=O)Nc1ccccc1C)N(C(=O)C(CCSC)NC(=O)OC(C)(C)C)C(C)CCC(C)C. The van der Waals surface area contributed by atoms with Crippen molar-refractivity contribution in [2.75, 3.05) is 17.3 Å². The second kappa shape index (κ2) is 16.3. The Balaban J connectivity index is 2.69. The zero-order valence-electron chi connectivity index (χ0n) is 26.3. The maximum Gasteiger partial charge on any atom is 0.408 e. The second-order valence-corrected chi connectivity index (χ2v) is 13.0. The number of carbonyl (C=O) groups excluding carboxylic acids is 3. The first kappa shape index (κ1) is 34.8. The van der Waals surface area contributed by atoms with Crippen LogP contribution >= 0.6 is 11.8 Å². The van der Waals surface area contributed by atoms with Gasteiger partial charge in [0.1, 0.15) is 17.7 Å². The molecule has 0 aromatic heterocycles. The van der Waals surface area contributed by atoms with Crippen LogP contribution in [-0.4, -0.2) is 52.5 Å². The van der Waals surface area contributed by atoms with Crippen LogP contribution in [-0.2, 0) is 14.3 Å². The lowest BCUT2D eigenvalue weighted by Crippen LogP contribution is -2.55. The zero-order valence-corrected chi connectivity index (χ0v) is 27.1. The maximum absolute atomic E-state index is 14.6. The van der Waals surface area contributed by atoms with E-state index >= 15 is 0 Å². The average molecular weight is 594 g/mol. The van der Waals surface area contributed by atoms with E-state index in [0.29, 0.717) is 41.3 Å². The van der Waals surface area contributed by atoms with Gasteiger partial charge >= 0.3 is 6.09 Å². The highest BCUT2D eigenvalue weighted by Gasteiger charge is 2.39. The lowest BCUT2D eigenvalue weighted by atomic mass is 9.94. The molecule has 0 heterocycles. The highest BCUT2D eigenvalue weighted by molar-refractivity contribution is 7.98. The Labute approximate surface area is 256 Å². The third-order valence-corrected chi connectivity index (χ3v) is 7.48. The van der Waals surface area contributed by atoms with Crippen LogP contribution in [0.15, 0.2) is 48.5 Å². The molecule has 228 valence electrons. The number of benzene rings is 2. The highest BCUT2D eigenvalue weighted by Crippen LogP contribution is 2.31. The number of rotatable bonds is 13. The molecule has 0 aliphatic carbocycles. The van der Waals surface area contributed by atoms with E-state index in [1.807, 2.05) is 56.5 Å². The smallest absolute Gasteiger partial charge is 0.408 e.